The topological polar surface area (TPSA) is 76.0 Å². The molecule has 1 aliphatic rings. The average molecular weight is 393 g/mol. The Labute approximate surface area is 156 Å². The first kappa shape index (κ1) is 17.4. The molecule has 4 rings (SSSR count). The number of alkyl halides is 3. The van der Waals surface area contributed by atoms with Crippen molar-refractivity contribution in [2.45, 2.75) is 6.18 Å². The third-order valence-corrected chi connectivity index (χ3v) is 4.63. The van der Waals surface area contributed by atoms with Crippen molar-refractivity contribution in [2.24, 2.45) is 0 Å². The van der Waals surface area contributed by atoms with Crippen LogP contribution >= 0.6 is 11.6 Å². The summed E-state index contributed by atoms with van der Waals surface area (Å²) in [4.78, 5) is 8.64. The van der Waals surface area contributed by atoms with Crippen LogP contribution in [0.1, 0.15) is 11.4 Å². The molecule has 27 heavy (non-hydrogen) atoms. The van der Waals surface area contributed by atoms with Gasteiger partial charge in [0.15, 0.2) is 0 Å². The molecule has 0 amide bonds. The number of fused-ring (bicyclic) bond motifs is 1. The normalized spacial score (nSPS) is 15.3. The van der Waals surface area contributed by atoms with Gasteiger partial charge >= 0.3 is 6.18 Å². The molecule has 0 spiro atoms. The molecule has 0 aliphatic carbocycles. The highest BCUT2D eigenvalue weighted by atomic mass is 35.5. The second-order valence-corrected chi connectivity index (χ2v) is 6.43. The molecular formula is C18H12ClF3N4O. The Hall–Kier alpha value is -3.00. The fourth-order valence-corrected chi connectivity index (χ4v) is 3.24. The minimum absolute atomic E-state index is 0.106. The molecule has 0 saturated heterocycles. The number of anilines is 1. The number of aliphatic hydroxyl groups excluding tert-OH is 1. The van der Waals surface area contributed by atoms with Crippen LogP contribution in [0.2, 0.25) is 5.02 Å². The van der Waals surface area contributed by atoms with Gasteiger partial charge in [-0.1, -0.05) is 23.7 Å². The van der Waals surface area contributed by atoms with Crippen LogP contribution in [-0.4, -0.2) is 27.5 Å². The Kier molecular flexibility index (Phi) is 3.88. The average Bonchev–Trinajstić information content (AvgIpc) is 3.14. The summed E-state index contributed by atoms with van der Waals surface area (Å²) in [5.74, 6) is -0.0178. The number of aromatic nitrogens is 2. The van der Waals surface area contributed by atoms with E-state index in [0.717, 1.165) is 17.6 Å². The maximum absolute atomic E-state index is 13.1. The lowest BCUT2D eigenvalue weighted by molar-refractivity contribution is -0.137. The molecule has 0 saturated carbocycles. The molecule has 138 valence electrons. The number of imidazole rings is 1. The lowest BCUT2D eigenvalue weighted by Crippen LogP contribution is -2.26. The van der Waals surface area contributed by atoms with E-state index < -0.39 is 16.8 Å². The molecule has 0 unspecified atom stereocenters. The van der Waals surface area contributed by atoms with Crippen LogP contribution < -0.4 is 4.90 Å². The number of hydrogen-bond acceptors (Lipinski definition) is 3. The Balaban J connectivity index is 1.72. The van der Waals surface area contributed by atoms with Crippen molar-refractivity contribution in [3.63, 3.8) is 0 Å². The van der Waals surface area contributed by atoms with Crippen LogP contribution in [0.5, 0.6) is 0 Å². The van der Waals surface area contributed by atoms with E-state index in [1.165, 1.54) is 11.0 Å². The highest BCUT2D eigenvalue weighted by Gasteiger charge is 2.36. The molecule has 5 nitrogen and oxygen atoms in total. The summed E-state index contributed by atoms with van der Waals surface area (Å²) in [6.45, 7) is -0.135. The molecule has 0 fully saturated rings. The largest absolute Gasteiger partial charge is 0.509 e. The van der Waals surface area contributed by atoms with E-state index in [9.17, 15) is 18.3 Å². The SMILES string of the molecule is N=C1C(c2nc3ccccc3[nH]2)=C(O)CN1c1ccc(Cl)c(C(F)(F)F)c1. The van der Waals surface area contributed by atoms with Gasteiger partial charge in [0.05, 0.1) is 33.7 Å². The van der Waals surface area contributed by atoms with Gasteiger partial charge in [-0.3, -0.25) is 5.41 Å². The molecule has 0 atom stereocenters. The maximum atomic E-state index is 13.1. The van der Waals surface area contributed by atoms with Crippen LogP contribution in [0.25, 0.3) is 16.6 Å². The predicted molar refractivity (Wildman–Crippen MR) is 97.2 cm³/mol. The van der Waals surface area contributed by atoms with Crippen molar-refractivity contribution in [3.05, 3.63) is 64.6 Å². The van der Waals surface area contributed by atoms with Gasteiger partial charge in [-0.25, -0.2) is 4.98 Å². The smallest absolute Gasteiger partial charge is 0.417 e. The number of para-hydroxylation sites is 2. The summed E-state index contributed by atoms with van der Waals surface area (Å²) in [6, 6.07) is 10.6. The first-order valence-electron chi connectivity index (χ1n) is 7.86. The van der Waals surface area contributed by atoms with Gasteiger partial charge in [-0.15, -0.1) is 0 Å². The molecule has 0 bridgehead atoms. The zero-order chi connectivity index (χ0) is 19.3. The fraction of sp³-hybridized carbons (Fsp3) is 0.111. The van der Waals surface area contributed by atoms with Crippen LogP contribution in [-0.2, 0) is 6.18 Å². The van der Waals surface area contributed by atoms with Gasteiger partial charge in [0.2, 0.25) is 0 Å². The Morgan fingerprint density at radius 3 is 2.63 bits per heavy atom. The molecule has 0 radical (unpaired) electrons. The summed E-state index contributed by atoms with van der Waals surface area (Å²) >= 11 is 5.66. The monoisotopic (exact) mass is 392 g/mol. The van der Waals surface area contributed by atoms with Crippen LogP contribution in [0.3, 0.4) is 0 Å². The number of nitrogens with zero attached hydrogens (tertiary/aromatic N) is 2. The second-order valence-electron chi connectivity index (χ2n) is 6.02. The minimum Gasteiger partial charge on any atom is -0.509 e. The summed E-state index contributed by atoms with van der Waals surface area (Å²) in [5, 5.41) is 18.3. The molecule has 9 heteroatoms. The van der Waals surface area contributed by atoms with Crippen molar-refractivity contribution in [3.8, 4) is 0 Å². The van der Waals surface area contributed by atoms with Gasteiger partial charge in [0.25, 0.3) is 0 Å². The Morgan fingerprint density at radius 2 is 1.93 bits per heavy atom. The molecule has 1 aromatic heterocycles. The van der Waals surface area contributed by atoms with Gasteiger partial charge in [0, 0.05) is 5.69 Å². The molecule has 2 heterocycles. The van der Waals surface area contributed by atoms with E-state index in [0.29, 0.717) is 5.52 Å². The van der Waals surface area contributed by atoms with E-state index >= 15 is 0 Å². The van der Waals surface area contributed by atoms with Crippen molar-refractivity contribution in [2.75, 3.05) is 11.4 Å². The number of amidine groups is 1. The van der Waals surface area contributed by atoms with E-state index in [2.05, 4.69) is 9.97 Å². The highest BCUT2D eigenvalue weighted by Crippen LogP contribution is 2.38. The fourth-order valence-electron chi connectivity index (χ4n) is 3.02. The molecule has 1 aliphatic heterocycles. The zero-order valence-corrected chi connectivity index (χ0v) is 14.4. The summed E-state index contributed by atoms with van der Waals surface area (Å²) in [6.07, 6.45) is -4.62. The number of aliphatic hydroxyl groups is 1. The van der Waals surface area contributed by atoms with E-state index in [4.69, 9.17) is 17.0 Å². The lowest BCUT2D eigenvalue weighted by Gasteiger charge is -2.20. The van der Waals surface area contributed by atoms with Crippen molar-refractivity contribution in [1.29, 1.82) is 5.41 Å². The number of rotatable bonds is 2. The number of nitrogens with one attached hydrogen (secondary N) is 2. The first-order valence-corrected chi connectivity index (χ1v) is 8.24. The summed E-state index contributed by atoms with van der Waals surface area (Å²) in [7, 11) is 0. The van der Waals surface area contributed by atoms with Gasteiger partial charge < -0.3 is 15.0 Å². The zero-order valence-electron chi connectivity index (χ0n) is 13.6. The van der Waals surface area contributed by atoms with Gasteiger partial charge in [0.1, 0.15) is 17.4 Å². The highest BCUT2D eigenvalue weighted by molar-refractivity contribution is 6.32. The third-order valence-electron chi connectivity index (χ3n) is 4.30. The molecular weight excluding hydrogens is 381 g/mol. The predicted octanol–water partition coefficient (Wildman–Crippen LogP) is 5.00. The summed E-state index contributed by atoms with van der Waals surface area (Å²) in [5.41, 5.74) is 0.644. The summed E-state index contributed by atoms with van der Waals surface area (Å²) < 4.78 is 39.4. The minimum atomic E-state index is -4.62. The first-order chi connectivity index (χ1) is 12.8. The quantitative estimate of drug-likeness (QED) is 0.574. The Morgan fingerprint density at radius 1 is 1.19 bits per heavy atom. The third kappa shape index (κ3) is 2.91. The molecule has 2 aromatic carbocycles. The molecule has 3 aromatic rings. The second kappa shape index (κ2) is 6.02. The van der Waals surface area contributed by atoms with Gasteiger partial charge in [-0.05, 0) is 30.3 Å². The number of H-pyrrole nitrogens is 1. The van der Waals surface area contributed by atoms with E-state index in [-0.39, 0.29) is 35.2 Å². The molecule has 3 N–H and O–H groups in total. The Bertz CT molecular complexity index is 1070. The standard InChI is InChI=1S/C18H12ClF3N4O/c19-11-6-5-9(7-10(11)18(20,21)22)26-8-14(27)15(16(26)23)17-24-12-3-1-2-4-13(12)25-17/h1-7,23,27H,8H2,(H,24,25). The van der Waals surface area contributed by atoms with E-state index in [1.54, 1.807) is 18.2 Å². The maximum Gasteiger partial charge on any atom is 0.417 e. The van der Waals surface area contributed by atoms with Crippen LogP contribution in [0.4, 0.5) is 18.9 Å². The van der Waals surface area contributed by atoms with Crippen molar-refractivity contribution in [1.82, 2.24) is 9.97 Å². The number of halogens is 4. The lowest BCUT2D eigenvalue weighted by atomic mass is 10.1. The van der Waals surface area contributed by atoms with Crippen LogP contribution in [0, 0.1) is 5.41 Å². The number of hydrogen-bond donors (Lipinski definition) is 3. The van der Waals surface area contributed by atoms with Crippen LogP contribution in [0.15, 0.2) is 48.2 Å². The van der Waals surface area contributed by atoms with Crippen molar-refractivity contribution < 1.29 is 18.3 Å². The number of benzene rings is 2. The van der Waals surface area contributed by atoms with Crippen molar-refractivity contribution >= 4 is 39.7 Å². The van der Waals surface area contributed by atoms with E-state index in [1.807, 2.05) is 6.07 Å². The number of aromatic amines is 1. The van der Waals surface area contributed by atoms with Gasteiger partial charge in [-0.2, -0.15) is 13.2 Å².